The van der Waals surface area contributed by atoms with Crippen LogP contribution < -0.4 is 14.9 Å². The van der Waals surface area contributed by atoms with Gasteiger partial charge in [0.1, 0.15) is 0 Å². The standard InChI is InChI=1S/C23H22ClF2N5O3S2/c1-13-18(20-27-7-17(8-28-20)31-11-22(12-31)9-23(25,26)10-22)6-19(35-13)21(32)29-15-3-14(24)4-16(5-15)30-36(2,33)34/h3-8,30H,9-12H2,1-2H3,(H,29,32). The van der Waals surface area contributed by atoms with Crippen LogP contribution in [0.15, 0.2) is 36.7 Å². The topological polar surface area (TPSA) is 104 Å². The van der Waals surface area contributed by atoms with Gasteiger partial charge in [0.25, 0.3) is 5.91 Å². The third-order valence-electron chi connectivity index (χ3n) is 6.16. The van der Waals surface area contributed by atoms with E-state index in [1.165, 1.54) is 29.5 Å². The summed E-state index contributed by atoms with van der Waals surface area (Å²) in [7, 11) is -3.51. The Hall–Kier alpha value is -2.83. The molecule has 1 amide bonds. The number of rotatable bonds is 6. The molecule has 190 valence electrons. The number of nitrogens with zero attached hydrogens (tertiary/aromatic N) is 3. The molecule has 1 saturated heterocycles. The molecule has 3 heterocycles. The van der Waals surface area contributed by atoms with Crippen molar-refractivity contribution in [1.29, 1.82) is 0 Å². The zero-order valence-corrected chi connectivity index (χ0v) is 21.7. The van der Waals surface area contributed by atoms with Crippen LogP contribution >= 0.6 is 22.9 Å². The number of carbonyl (C=O) groups is 1. The van der Waals surface area contributed by atoms with E-state index >= 15 is 0 Å². The molecule has 5 rings (SSSR count). The van der Waals surface area contributed by atoms with Crippen LogP contribution in [-0.4, -0.2) is 49.6 Å². The molecular weight excluding hydrogens is 532 g/mol. The molecule has 1 spiro atoms. The molecule has 36 heavy (non-hydrogen) atoms. The molecule has 1 aromatic carbocycles. The van der Waals surface area contributed by atoms with Gasteiger partial charge in [-0.25, -0.2) is 27.2 Å². The van der Waals surface area contributed by atoms with Crippen molar-refractivity contribution < 1.29 is 22.0 Å². The number of hydrogen-bond donors (Lipinski definition) is 2. The number of hydrogen-bond acceptors (Lipinski definition) is 7. The highest BCUT2D eigenvalue weighted by Gasteiger charge is 2.61. The van der Waals surface area contributed by atoms with E-state index in [1.807, 2.05) is 11.8 Å². The van der Waals surface area contributed by atoms with E-state index in [1.54, 1.807) is 18.5 Å². The number of aromatic nitrogens is 2. The molecule has 0 atom stereocenters. The molecule has 0 radical (unpaired) electrons. The van der Waals surface area contributed by atoms with Gasteiger partial charge < -0.3 is 10.2 Å². The molecule has 2 aliphatic rings. The Morgan fingerprint density at radius 3 is 2.36 bits per heavy atom. The largest absolute Gasteiger partial charge is 0.368 e. The number of halogens is 3. The number of anilines is 3. The summed E-state index contributed by atoms with van der Waals surface area (Å²) in [5.74, 6) is -2.46. The fourth-order valence-electron chi connectivity index (χ4n) is 4.78. The molecule has 2 fully saturated rings. The summed E-state index contributed by atoms with van der Waals surface area (Å²) in [6.45, 7) is 3.02. The number of alkyl halides is 2. The normalized spacial score (nSPS) is 17.9. The monoisotopic (exact) mass is 553 g/mol. The third kappa shape index (κ3) is 5.16. The smallest absolute Gasteiger partial charge is 0.265 e. The van der Waals surface area contributed by atoms with Crippen LogP contribution in [0.4, 0.5) is 25.8 Å². The molecule has 13 heteroatoms. The minimum atomic E-state index is -3.51. The van der Waals surface area contributed by atoms with Crippen LogP contribution in [0.1, 0.15) is 27.4 Å². The van der Waals surface area contributed by atoms with E-state index in [0.29, 0.717) is 35.0 Å². The first-order valence-electron chi connectivity index (χ1n) is 11.0. The van der Waals surface area contributed by atoms with Crippen LogP contribution in [0.2, 0.25) is 5.02 Å². The van der Waals surface area contributed by atoms with Gasteiger partial charge in [-0.15, -0.1) is 11.3 Å². The summed E-state index contributed by atoms with van der Waals surface area (Å²) in [4.78, 5) is 25.0. The Balaban J connectivity index is 1.27. The molecule has 0 unspecified atom stereocenters. The molecule has 1 saturated carbocycles. The highest BCUT2D eigenvalue weighted by molar-refractivity contribution is 7.92. The van der Waals surface area contributed by atoms with Gasteiger partial charge in [0.05, 0.1) is 34.9 Å². The maximum Gasteiger partial charge on any atom is 0.265 e. The predicted molar refractivity (Wildman–Crippen MR) is 137 cm³/mol. The van der Waals surface area contributed by atoms with Crippen LogP contribution in [0.5, 0.6) is 0 Å². The predicted octanol–water partition coefficient (Wildman–Crippen LogP) is 5.03. The van der Waals surface area contributed by atoms with Crippen molar-refractivity contribution in [3.05, 3.63) is 51.4 Å². The van der Waals surface area contributed by atoms with Crippen molar-refractivity contribution in [2.24, 2.45) is 5.41 Å². The molecule has 8 nitrogen and oxygen atoms in total. The van der Waals surface area contributed by atoms with Crippen LogP contribution in [-0.2, 0) is 10.0 Å². The van der Waals surface area contributed by atoms with Crippen molar-refractivity contribution in [2.45, 2.75) is 25.7 Å². The molecule has 1 aliphatic heterocycles. The Labute approximate surface area is 215 Å². The minimum Gasteiger partial charge on any atom is -0.368 e. The van der Waals surface area contributed by atoms with Crippen molar-refractivity contribution in [2.75, 3.05) is 34.3 Å². The van der Waals surface area contributed by atoms with Crippen LogP contribution in [0.25, 0.3) is 11.4 Å². The van der Waals surface area contributed by atoms with Gasteiger partial charge in [-0.2, -0.15) is 0 Å². The maximum atomic E-state index is 13.2. The maximum absolute atomic E-state index is 13.2. The van der Waals surface area contributed by atoms with Crippen molar-refractivity contribution in [1.82, 2.24) is 9.97 Å². The van der Waals surface area contributed by atoms with Crippen molar-refractivity contribution in [3.63, 3.8) is 0 Å². The highest BCUT2D eigenvalue weighted by Crippen LogP contribution is 2.57. The highest BCUT2D eigenvalue weighted by atomic mass is 35.5. The zero-order valence-electron chi connectivity index (χ0n) is 19.3. The van der Waals surface area contributed by atoms with Crippen LogP contribution in [0.3, 0.4) is 0 Å². The SMILES string of the molecule is Cc1sc(C(=O)Nc2cc(Cl)cc(NS(C)(=O)=O)c2)cc1-c1ncc(N2CC3(C2)CC(F)(F)C3)cn1. The van der Waals surface area contributed by atoms with Gasteiger partial charge in [0.15, 0.2) is 5.82 Å². The van der Waals surface area contributed by atoms with E-state index in [4.69, 9.17) is 11.6 Å². The van der Waals surface area contributed by atoms with Crippen LogP contribution in [0, 0.1) is 12.3 Å². The van der Waals surface area contributed by atoms with E-state index in [0.717, 1.165) is 16.8 Å². The number of amides is 1. The summed E-state index contributed by atoms with van der Waals surface area (Å²) in [6, 6.07) is 6.12. The average molecular weight is 554 g/mol. The molecule has 2 aromatic heterocycles. The Kier molecular flexibility index (Phi) is 5.96. The number of aryl methyl sites for hydroxylation is 1. The van der Waals surface area contributed by atoms with E-state index < -0.39 is 15.9 Å². The first kappa shape index (κ1) is 24.8. The fraction of sp³-hybridized carbons (Fsp3) is 0.348. The molecular formula is C23H22ClF2N5O3S2. The lowest BCUT2D eigenvalue weighted by atomic mass is 9.61. The Morgan fingerprint density at radius 2 is 1.75 bits per heavy atom. The number of sulfonamides is 1. The summed E-state index contributed by atoms with van der Waals surface area (Å²) in [5.41, 5.74) is 1.78. The number of nitrogens with one attached hydrogen (secondary N) is 2. The summed E-state index contributed by atoms with van der Waals surface area (Å²) < 4.78 is 51.8. The molecule has 2 N–H and O–H groups in total. The van der Waals surface area contributed by atoms with Gasteiger partial charge in [0, 0.05) is 52.5 Å². The van der Waals surface area contributed by atoms with Gasteiger partial charge >= 0.3 is 0 Å². The number of benzene rings is 1. The van der Waals surface area contributed by atoms with Gasteiger partial charge in [-0.05, 0) is 31.2 Å². The van der Waals surface area contributed by atoms with E-state index in [2.05, 4.69) is 20.0 Å². The summed E-state index contributed by atoms with van der Waals surface area (Å²) in [5, 5.41) is 2.99. The first-order chi connectivity index (χ1) is 16.8. The third-order valence-corrected chi connectivity index (χ3v) is 8.04. The van der Waals surface area contributed by atoms with Gasteiger partial charge in [-0.3, -0.25) is 9.52 Å². The second-order valence-electron chi connectivity index (χ2n) is 9.47. The number of thiophene rings is 1. The second-order valence-corrected chi connectivity index (χ2v) is 12.9. The number of carbonyl (C=O) groups excluding carboxylic acids is 1. The average Bonchev–Trinajstić information content (AvgIpc) is 3.10. The fourth-order valence-corrected chi connectivity index (χ4v) is 6.47. The minimum absolute atomic E-state index is 0.0565. The molecule has 3 aromatic rings. The summed E-state index contributed by atoms with van der Waals surface area (Å²) >= 11 is 7.34. The van der Waals surface area contributed by atoms with Crippen molar-refractivity contribution in [3.8, 4) is 11.4 Å². The molecule has 0 bridgehead atoms. The lowest BCUT2D eigenvalue weighted by Crippen LogP contribution is -2.66. The van der Waals surface area contributed by atoms with Gasteiger partial charge in [0.2, 0.25) is 15.9 Å². The summed E-state index contributed by atoms with van der Waals surface area (Å²) in [6.07, 6.45) is 4.25. The Bertz CT molecular complexity index is 1440. The van der Waals surface area contributed by atoms with Crippen molar-refractivity contribution >= 4 is 55.9 Å². The van der Waals surface area contributed by atoms with Gasteiger partial charge in [-0.1, -0.05) is 11.6 Å². The quantitative estimate of drug-likeness (QED) is 0.444. The second kappa shape index (κ2) is 8.63. The molecule has 1 aliphatic carbocycles. The Morgan fingerprint density at radius 1 is 1.11 bits per heavy atom. The first-order valence-corrected chi connectivity index (χ1v) is 14.0. The lowest BCUT2D eigenvalue weighted by Gasteiger charge is -2.59. The van der Waals surface area contributed by atoms with E-state index in [9.17, 15) is 22.0 Å². The zero-order chi connectivity index (χ0) is 25.9. The lowest BCUT2D eigenvalue weighted by molar-refractivity contribution is -0.170. The van der Waals surface area contributed by atoms with E-state index in [-0.39, 0.29) is 34.9 Å².